The third-order valence-corrected chi connectivity index (χ3v) is 2.84. The van der Waals surface area contributed by atoms with Crippen LogP contribution < -0.4 is 10.2 Å². The van der Waals surface area contributed by atoms with Crippen molar-refractivity contribution in [2.24, 2.45) is 0 Å². The Hall–Kier alpha value is -1.15. The van der Waals surface area contributed by atoms with E-state index in [0.717, 1.165) is 0 Å². The highest BCUT2D eigenvalue weighted by molar-refractivity contribution is 5.85. The molecular formula is C9H12ClN3O4. The van der Waals surface area contributed by atoms with Crippen molar-refractivity contribution in [3.05, 3.63) is 17.8 Å². The molecule has 4 atom stereocenters. The van der Waals surface area contributed by atoms with E-state index in [1.807, 2.05) is 0 Å². The molecule has 7 nitrogen and oxygen atoms in total. The second-order valence-electron chi connectivity index (χ2n) is 3.82. The molecule has 1 aromatic rings. The lowest BCUT2D eigenvalue weighted by atomic mass is 10.1. The predicted octanol–water partition coefficient (Wildman–Crippen LogP) is -1.20. The minimum absolute atomic E-state index is 0. The van der Waals surface area contributed by atoms with Crippen LogP contribution in [0, 0.1) is 5.41 Å². The van der Waals surface area contributed by atoms with E-state index < -0.39 is 24.5 Å². The van der Waals surface area contributed by atoms with Gasteiger partial charge in [-0.15, -0.1) is 12.4 Å². The molecule has 3 heterocycles. The fraction of sp³-hybridized carbons (Fsp3) is 0.556. The van der Waals surface area contributed by atoms with Crippen molar-refractivity contribution >= 4 is 12.4 Å². The number of ether oxygens (including phenoxy) is 2. The van der Waals surface area contributed by atoms with E-state index in [2.05, 4.69) is 4.98 Å². The minimum Gasteiger partial charge on any atom is -0.454 e. The van der Waals surface area contributed by atoms with Gasteiger partial charge in [0.15, 0.2) is 17.8 Å². The average molecular weight is 262 g/mol. The largest absolute Gasteiger partial charge is 0.454 e. The molecule has 0 spiro atoms. The summed E-state index contributed by atoms with van der Waals surface area (Å²) in [5, 5.41) is 26.1. The topological polar surface area (TPSA) is 101 Å². The number of aromatic nitrogens is 2. The number of aliphatic hydroxyl groups excluding tert-OH is 2. The first-order chi connectivity index (χ1) is 7.70. The Bertz CT molecular complexity index is 480. The van der Waals surface area contributed by atoms with Crippen LogP contribution >= 0.6 is 12.4 Å². The summed E-state index contributed by atoms with van der Waals surface area (Å²) in [6.07, 6.45) is -0.930. The second-order valence-corrected chi connectivity index (χ2v) is 3.82. The van der Waals surface area contributed by atoms with Crippen LogP contribution in [0.4, 0.5) is 0 Å². The molecule has 0 saturated carbocycles. The molecule has 1 aromatic heterocycles. The van der Waals surface area contributed by atoms with E-state index in [1.54, 1.807) is 10.8 Å². The maximum absolute atomic E-state index is 9.80. The fourth-order valence-electron chi connectivity index (χ4n) is 2.04. The van der Waals surface area contributed by atoms with Crippen molar-refractivity contribution in [3.63, 3.8) is 0 Å². The molecule has 2 aliphatic heterocycles. The molecule has 2 aliphatic rings. The second kappa shape index (κ2) is 4.26. The predicted molar refractivity (Wildman–Crippen MR) is 56.7 cm³/mol. The third kappa shape index (κ3) is 1.71. The number of hydrogen-bond donors (Lipinski definition) is 3. The van der Waals surface area contributed by atoms with Gasteiger partial charge in [-0.05, 0) is 6.07 Å². The Labute approximate surface area is 103 Å². The highest BCUT2D eigenvalue weighted by atomic mass is 35.5. The van der Waals surface area contributed by atoms with Gasteiger partial charge in [-0.2, -0.15) is 4.98 Å². The van der Waals surface area contributed by atoms with E-state index in [-0.39, 0.29) is 30.5 Å². The Kier molecular flexibility index (Phi) is 3.09. The fourth-order valence-corrected chi connectivity index (χ4v) is 2.04. The van der Waals surface area contributed by atoms with Gasteiger partial charge < -0.3 is 19.7 Å². The lowest BCUT2D eigenvalue weighted by Crippen LogP contribution is -2.34. The molecule has 1 saturated heterocycles. The molecule has 0 aliphatic carbocycles. The summed E-state index contributed by atoms with van der Waals surface area (Å²) in [6, 6.07) is 1.77. The van der Waals surface area contributed by atoms with E-state index in [1.165, 1.54) is 6.07 Å². The zero-order valence-corrected chi connectivity index (χ0v) is 9.50. The number of halogens is 1. The van der Waals surface area contributed by atoms with Crippen LogP contribution in [-0.4, -0.2) is 44.7 Å². The van der Waals surface area contributed by atoms with E-state index in [4.69, 9.17) is 20.0 Å². The molecule has 2 unspecified atom stereocenters. The summed E-state index contributed by atoms with van der Waals surface area (Å²) < 4.78 is 12.5. The Balaban J connectivity index is 0.00000108. The Morgan fingerprint density at radius 3 is 3.00 bits per heavy atom. The molecule has 94 valence electrons. The molecule has 3 rings (SSSR count). The maximum Gasteiger partial charge on any atom is 0.301 e. The summed E-state index contributed by atoms with van der Waals surface area (Å²) in [5.41, 5.74) is 0.0967. The normalized spacial score (nSPS) is 33.5. The van der Waals surface area contributed by atoms with Crippen LogP contribution in [0.1, 0.15) is 6.23 Å². The van der Waals surface area contributed by atoms with Crippen LogP contribution in [0.2, 0.25) is 0 Å². The van der Waals surface area contributed by atoms with Gasteiger partial charge in [0, 0.05) is 6.20 Å². The average Bonchev–Trinajstić information content (AvgIpc) is 2.75. The molecular weight excluding hydrogens is 250 g/mol. The monoisotopic (exact) mass is 261 g/mol. The molecule has 0 aromatic carbocycles. The van der Waals surface area contributed by atoms with E-state index in [9.17, 15) is 5.11 Å². The summed E-state index contributed by atoms with van der Waals surface area (Å²) in [7, 11) is 0. The molecule has 0 bridgehead atoms. The first-order valence-corrected chi connectivity index (χ1v) is 4.95. The molecule has 3 N–H and O–H groups in total. The molecule has 1 fully saturated rings. The van der Waals surface area contributed by atoms with Crippen LogP contribution in [-0.2, 0) is 4.74 Å². The summed E-state index contributed by atoms with van der Waals surface area (Å²) >= 11 is 0. The number of aliphatic hydroxyl groups is 2. The molecule has 0 radical (unpaired) electrons. The highest BCUT2D eigenvalue weighted by Crippen LogP contribution is 2.38. The first-order valence-electron chi connectivity index (χ1n) is 4.95. The van der Waals surface area contributed by atoms with Gasteiger partial charge in [0.25, 0.3) is 0 Å². The zero-order valence-electron chi connectivity index (χ0n) is 8.68. The van der Waals surface area contributed by atoms with Crippen LogP contribution in [0.3, 0.4) is 0 Å². The minimum atomic E-state index is -0.883. The van der Waals surface area contributed by atoms with Crippen molar-refractivity contribution in [3.8, 4) is 6.01 Å². The standard InChI is InChI=1S/C9H11N3O4.ClH/c10-5-1-2-12-8-7(16-9(12)11-5)6(14)4(3-13)15-8;/h1-2,4,6-8,10,13-14H,3H2;1H/t4?,6?,7-,8-;/m1./s1. The van der Waals surface area contributed by atoms with Gasteiger partial charge in [-0.3, -0.25) is 9.98 Å². The molecule has 17 heavy (non-hydrogen) atoms. The van der Waals surface area contributed by atoms with Crippen LogP contribution in [0.5, 0.6) is 6.01 Å². The smallest absolute Gasteiger partial charge is 0.301 e. The molecule has 0 amide bonds. The summed E-state index contributed by atoms with van der Waals surface area (Å²) in [6.45, 7) is -0.253. The van der Waals surface area contributed by atoms with Crippen molar-refractivity contribution in [2.75, 3.05) is 6.61 Å². The van der Waals surface area contributed by atoms with Crippen molar-refractivity contribution in [1.82, 2.24) is 9.55 Å². The SMILES string of the molecule is Cl.N=c1ccn2c(n1)O[C@@H]1C(O)C(CO)O[C@H]12. The number of nitrogens with zero attached hydrogens (tertiary/aromatic N) is 2. The van der Waals surface area contributed by atoms with Crippen molar-refractivity contribution in [1.29, 1.82) is 5.41 Å². The molecule has 8 heteroatoms. The number of nitrogens with one attached hydrogen (secondary N) is 1. The highest BCUT2D eigenvalue weighted by Gasteiger charge is 2.50. The zero-order chi connectivity index (χ0) is 11.3. The van der Waals surface area contributed by atoms with Gasteiger partial charge in [-0.1, -0.05) is 0 Å². The lowest BCUT2D eigenvalue weighted by Gasteiger charge is -2.14. The van der Waals surface area contributed by atoms with Crippen LogP contribution in [0.25, 0.3) is 0 Å². The lowest BCUT2D eigenvalue weighted by molar-refractivity contribution is -0.0434. The third-order valence-electron chi connectivity index (χ3n) is 2.84. The van der Waals surface area contributed by atoms with E-state index >= 15 is 0 Å². The van der Waals surface area contributed by atoms with Gasteiger partial charge in [0.2, 0.25) is 0 Å². The summed E-state index contributed by atoms with van der Waals surface area (Å²) in [5.74, 6) is 0. The van der Waals surface area contributed by atoms with Gasteiger partial charge in [0.1, 0.15) is 12.2 Å². The Morgan fingerprint density at radius 2 is 2.29 bits per heavy atom. The van der Waals surface area contributed by atoms with Crippen molar-refractivity contribution < 1.29 is 19.7 Å². The number of rotatable bonds is 1. The van der Waals surface area contributed by atoms with Gasteiger partial charge >= 0.3 is 6.01 Å². The van der Waals surface area contributed by atoms with Gasteiger partial charge in [0.05, 0.1) is 6.61 Å². The number of fused-ring (bicyclic) bond motifs is 3. The van der Waals surface area contributed by atoms with Crippen LogP contribution in [0.15, 0.2) is 12.3 Å². The quantitative estimate of drug-likeness (QED) is 0.589. The Morgan fingerprint density at radius 1 is 1.53 bits per heavy atom. The van der Waals surface area contributed by atoms with Gasteiger partial charge in [-0.25, -0.2) is 0 Å². The van der Waals surface area contributed by atoms with Crippen molar-refractivity contribution in [2.45, 2.75) is 24.5 Å². The number of hydrogen-bond acceptors (Lipinski definition) is 6. The van der Waals surface area contributed by atoms with E-state index in [0.29, 0.717) is 0 Å². The maximum atomic E-state index is 9.80. The first kappa shape index (κ1) is 12.3. The summed E-state index contributed by atoms with van der Waals surface area (Å²) in [4.78, 5) is 3.88.